The molecule has 0 aromatic carbocycles. The second-order valence-corrected chi connectivity index (χ2v) is 5.84. The van der Waals surface area contributed by atoms with Gasteiger partial charge in [-0.2, -0.15) is 0 Å². The summed E-state index contributed by atoms with van der Waals surface area (Å²) >= 11 is 1.81. The van der Waals surface area contributed by atoms with Crippen molar-refractivity contribution in [1.82, 2.24) is 10.3 Å². The number of nitrogens with zero attached hydrogens (tertiary/aromatic N) is 1. The molecule has 0 spiro atoms. The quantitative estimate of drug-likeness (QED) is 0.789. The van der Waals surface area contributed by atoms with Gasteiger partial charge in [-0.15, -0.1) is 11.3 Å². The Morgan fingerprint density at radius 1 is 1.59 bits per heavy atom. The van der Waals surface area contributed by atoms with Crippen LogP contribution < -0.4 is 11.1 Å². The number of nitrogens with one attached hydrogen (secondary N) is 1. The van der Waals surface area contributed by atoms with Gasteiger partial charge >= 0.3 is 0 Å². The Hall–Kier alpha value is -0.710. The molecule has 0 radical (unpaired) electrons. The van der Waals surface area contributed by atoms with Crippen molar-refractivity contribution in [1.29, 1.82) is 0 Å². The molecule has 1 heterocycles. The predicted molar refractivity (Wildman–Crippen MR) is 73.1 cm³/mol. The van der Waals surface area contributed by atoms with Crippen molar-refractivity contribution in [2.45, 2.75) is 38.8 Å². The van der Waals surface area contributed by atoms with Crippen molar-refractivity contribution < 1.29 is 0 Å². The van der Waals surface area contributed by atoms with Gasteiger partial charge < -0.3 is 11.1 Å². The maximum atomic E-state index is 5.84. The van der Waals surface area contributed by atoms with E-state index >= 15 is 0 Å². The molecule has 0 aliphatic heterocycles. The molecule has 3 unspecified atom stereocenters. The van der Waals surface area contributed by atoms with E-state index in [2.05, 4.69) is 36.3 Å². The first-order valence-corrected chi connectivity index (χ1v) is 7.12. The van der Waals surface area contributed by atoms with Crippen LogP contribution in [0.3, 0.4) is 0 Å². The predicted octanol–water partition coefficient (Wildman–Crippen LogP) is 2.26. The topological polar surface area (TPSA) is 50.9 Å². The summed E-state index contributed by atoms with van der Waals surface area (Å²) in [5.41, 5.74) is 5.84. The summed E-state index contributed by atoms with van der Waals surface area (Å²) in [7, 11) is 0. The fourth-order valence-corrected chi connectivity index (χ4v) is 2.94. The van der Waals surface area contributed by atoms with Crippen molar-refractivity contribution in [3.8, 4) is 0 Å². The smallest absolute Gasteiger partial charge is 0.109 e. The largest absolute Gasteiger partial charge is 0.324 e. The second-order valence-electron chi connectivity index (χ2n) is 4.69. The molecular formula is C13H21N3S. The van der Waals surface area contributed by atoms with Crippen molar-refractivity contribution in [3.05, 3.63) is 28.2 Å². The summed E-state index contributed by atoms with van der Waals surface area (Å²) in [5.74, 6) is 0.582. The molecule has 0 bridgehead atoms. The Bertz CT molecular complexity index is 386. The minimum absolute atomic E-state index is 0.253. The Kier molecular flexibility index (Phi) is 4.31. The number of nitrogens with two attached hydrogens (primary N) is 1. The molecule has 0 amide bonds. The number of aryl methyl sites for hydroxylation is 1. The summed E-state index contributed by atoms with van der Waals surface area (Å²) in [6.45, 7) is 5.34. The highest BCUT2D eigenvalue weighted by molar-refractivity contribution is 7.11. The molecular weight excluding hydrogens is 230 g/mol. The van der Waals surface area contributed by atoms with Gasteiger partial charge in [0.05, 0.1) is 6.04 Å². The average Bonchev–Trinajstić information content (AvgIpc) is 2.94. The van der Waals surface area contributed by atoms with Crippen molar-refractivity contribution in [3.63, 3.8) is 0 Å². The molecule has 4 heteroatoms. The lowest BCUT2D eigenvalue weighted by atomic mass is 10.1. The van der Waals surface area contributed by atoms with Crippen LogP contribution >= 0.6 is 11.3 Å². The summed E-state index contributed by atoms with van der Waals surface area (Å²) in [4.78, 5) is 5.82. The van der Waals surface area contributed by atoms with Gasteiger partial charge in [-0.1, -0.05) is 19.1 Å². The van der Waals surface area contributed by atoms with Gasteiger partial charge in [-0.3, -0.25) is 0 Å². The lowest BCUT2D eigenvalue weighted by Crippen LogP contribution is -2.26. The second kappa shape index (κ2) is 5.76. The maximum absolute atomic E-state index is 5.84. The fraction of sp³-hybridized carbons (Fsp3) is 0.615. The maximum Gasteiger partial charge on any atom is 0.109 e. The van der Waals surface area contributed by atoms with Crippen molar-refractivity contribution >= 4 is 11.3 Å². The number of rotatable bonds is 5. The number of thiazole rings is 1. The molecule has 0 fully saturated rings. The molecule has 2 rings (SSSR count). The molecule has 3 atom stereocenters. The van der Waals surface area contributed by atoms with Gasteiger partial charge in [0.1, 0.15) is 5.01 Å². The zero-order valence-corrected chi connectivity index (χ0v) is 11.3. The SMILES string of the molecule is CCc1cnc(C(C)NCC2C=CC(N)C2)s1. The molecule has 0 saturated heterocycles. The van der Waals surface area contributed by atoms with Crippen molar-refractivity contribution in [2.75, 3.05) is 6.54 Å². The van der Waals surface area contributed by atoms with E-state index in [4.69, 9.17) is 5.73 Å². The van der Waals surface area contributed by atoms with Gasteiger partial charge in [0.2, 0.25) is 0 Å². The standard InChI is InChI=1S/C13H21N3S/c1-3-12-8-16-13(17-12)9(2)15-7-10-4-5-11(14)6-10/h4-5,8-11,15H,3,6-7,14H2,1-2H3. The molecule has 3 nitrogen and oxygen atoms in total. The zero-order chi connectivity index (χ0) is 12.3. The van der Waals surface area contributed by atoms with E-state index in [-0.39, 0.29) is 6.04 Å². The summed E-state index contributed by atoms with van der Waals surface area (Å²) < 4.78 is 0. The Morgan fingerprint density at radius 2 is 2.41 bits per heavy atom. The van der Waals surface area contributed by atoms with Crippen LogP contribution in [-0.4, -0.2) is 17.6 Å². The third-order valence-corrected chi connectivity index (χ3v) is 4.51. The first kappa shape index (κ1) is 12.7. The first-order chi connectivity index (χ1) is 8.19. The average molecular weight is 251 g/mol. The molecule has 0 saturated carbocycles. The van der Waals surface area contributed by atoms with Crippen LogP contribution in [0.15, 0.2) is 18.3 Å². The van der Waals surface area contributed by atoms with E-state index in [0.29, 0.717) is 12.0 Å². The summed E-state index contributed by atoms with van der Waals surface area (Å²) in [6, 6.07) is 0.592. The van der Waals surface area contributed by atoms with Gasteiger partial charge in [0, 0.05) is 23.7 Å². The normalized spacial score (nSPS) is 25.4. The highest BCUT2D eigenvalue weighted by Gasteiger charge is 2.17. The van der Waals surface area contributed by atoms with E-state index in [9.17, 15) is 0 Å². The van der Waals surface area contributed by atoms with E-state index in [1.54, 1.807) is 0 Å². The van der Waals surface area contributed by atoms with E-state index < -0.39 is 0 Å². The highest BCUT2D eigenvalue weighted by atomic mass is 32.1. The Morgan fingerprint density at radius 3 is 3.00 bits per heavy atom. The zero-order valence-electron chi connectivity index (χ0n) is 10.5. The summed E-state index contributed by atoms with van der Waals surface area (Å²) in [5, 5.41) is 4.73. The molecule has 94 valence electrons. The van der Waals surface area contributed by atoms with Crippen LogP contribution in [0.25, 0.3) is 0 Å². The van der Waals surface area contributed by atoms with Crippen molar-refractivity contribution in [2.24, 2.45) is 11.7 Å². The molecule has 1 aliphatic rings. The fourth-order valence-electron chi connectivity index (χ4n) is 2.06. The van der Waals surface area contributed by atoms with E-state index in [1.165, 1.54) is 9.88 Å². The van der Waals surface area contributed by atoms with Crippen LogP contribution in [-0.2, 0) is 6.42 Å². The lowest BCUT2D eigenvalue weighted by molar-refractivity contribution is 0.483. The van der Waals surface area contributed by atoms with Crippen LogP contribution in [0.5, 0.6) is 0 Å². The highest BCUT2D eigenvalue weighted by Crippen LogP contribution is 2.21. The van der Waals surface area contributed by atoms with Gasteiger partial charge in [-0.25, -0.2) is 4.98 Å². The van der Waals surface area contributed by atoms with Gasteiger partial charge in [0.25, 0.3) is 0 Å². The van der Waals surface area contributed by atoms with Gasteiger partial charge in [0.15, 0.2) is 0 Å². The third-order valence-electron chi connectivity index (χ3n) is 3.18. The van der Waals surface area contributed by atoms with E-state index in [0.717, 1.165) is 19.4 Å². The Labute approximate surface area is 107 Å². The number of hydrogen-bond donors (Lipinski definition) is 2. The van der Waals surface area contributed by atoms with Crippen LogP contribution in [0.2, 0.25) is 0 Å². The Balaban J connectivity index is 1.81. The molecule has 1 aromatic rings. The first-order valence-electron chi connectivity index (χ1n) is 6.31. The molecule has 17 heavy (non-hydrogen) atoms. The number of aromatic nitrogens is 1. The van der Waals surface area contributed by atoms with Crippen LogP contribution in [0.4, 0.5) is 0 Å². The molecule has 1 aliphatic carbocycles. The lowest BCUT2D eigenvalue weighted by Gasteiger charge is -2.15. The minimum Gasteiger partial charge on any atom is -0.324 e. The molecule has 3 N–H and O–H groups in total. The molecule has 1 aromatic heterocycles. The monoisotopic (exact) mass is 251 g/mol. The third kappa shape index (κ3) is 3.37. The summed E-state index contributed by atoms with van der Waals surface area (Å²) in [6.07, 6.45) is 8.46. The van der Waals surface area contributed by atoms with Crippen LogP contribution in [0, 0.1) is 5.92 Å². The van der Waals surface area contributed by atoms with Crippen LogP contribution in [0.1, 0.15) is 36.2 Å². The van der Waals surface area contributed by atoms with E-state index in [1.807, 2.05) is 17.5 Å². The minimum atomic E-state index is 0.253. The number of hydrogen-bond acceptors (Lipinski definition) is 4. The van der Waals surface area contributed by atoms with Gasteiger partial charge in [-0.05, 0) is 25.7 Å².